The SMILES string of the molecule is CC(CO)(CO)NCc1c[nH]c2ccccc12. The normalized spacial score (nSPS) is 12.2. The van der Waals surface area contributed by atoms with E-state index < -0.39 is 5.54 Å². The fourth-order valence-electron chi connectivity index (χ4n) is 1.75. The standard InChI is InChI=1S/C13H18N2O2/c1-13(8-16,9-17)15-7-10-6-14-12-5-3-2-4-11(10)12/h2-6,14-17H,7-9H2,1H3. The van der Waals surface area contributed by atoms with Crippen LogP contribution in [0.4, 0.5) is 0 Å². The molecule has 0 saturated carbocycles. The monoisotopic (exact) mass is 234 g/mol. The van der Waals surface area contributed by atoms with Gasteiger partial charge in [0.25, 0.3) is 0 Å². The predicted molar refractivity (Wildman–Crippen MR) is 67.7 cm³/mol. The molecule has 0 amide bonds. The second-order valence-corrected chi connectivity index (χ2v) is 4.59. The quantitative estimate of drug-likeness (QED) is 0.624. The van der Waals surface area contributed by atoms with Gasteiger partial charge in [-0.1, -0.05) is 18.2 Å². The van der Waals surface area contributed by atoms with Gasteiger partial charge in [-0.15, -0.1) is 0 Å². The number of hydrogen-bond acceptors (Lipinski definition) is 3. The molecule has 0 radical (unpaired) electrons. The highest BCUT2D eigenvalue weighted by molar-refractivity contribution is 5.82. The maximum atomic E-state index is 9.20. The molecule has 17 heavy (non-hydrogen) atoms. The lowest BCUT2D eigenvalue weighted by atomic mass is 10.0. The Balaban J connectivity index is 2.14. The summed E-state index contributed by atoms with van der Waals surface area (Å²) in [5.74, 6) is 0. The first-order chi connectivity index (χ1) is 8.18. The van der Waals surface area contributed by atoms with Crippen LogP contribution in [0.5, 0.6) is 0 Å². The van der Waals surface area contributed by atoms with E-state index in [1.54, 1.807) is 6.92 Å². The largest absolute Gasteiger partial charge is 0.394 e. The van der Waals surface area contributed by atoms with Gasteiger partial charge < -0.3 is 20.5 Å². The topological polar surface area (TPSA) is 68.3 Å². The Bertz CT molecular complexity index is 489. The van der Waals surface area contributed by atoms with Crippen molar-refractivity contribution >= 4 is 10.9 Å². The fourth-order valence-corrected chi connectivity index (χ4v) is 1.75. The van der Waals surface area contributed by atoms with Gasteiger partial charge in [-0.3, -0.25) is 0 Å². The Labute approximate surface area is 100 Å². The van der Waals surface area contributed by atoms with Crippen LogP contribution in [-0.2, 0) is 6.54 Å². The number of hydrogen-bond donors (Lipinski definition) is 4. The van der Waals surface area contributed by atoms with Gasteiger partial charge in [0, 0.05) is 23.6 Å². The molecule has 4 heteroatoms. The number of H-pyrrole nitrogens is 1. The summed E-state index contributed by atoms with van der Waals surface area (Å²) in [6, 6.07) is 8.06. The number of rotatable bonds is 5. The van der Waals surface area contributed by atoms with E-state index in [0.717, 1.165) is 11.1 Å². The highest BCUT2D eigenvalue weighted by atomic mass is 16.3. The van der Waals surface area contributed by atoms with Gasteiger partial charge in [0.1, 0.15) is 0 Å². The summed E-state index contributed by atoms with van der Waals surface area (Å²) in [5.41, 5.74) is 1.59. The van der Waals surface area contributed by atoms with Crippen LogP contribution < -0.4 is 5.32 Å². The van der Waals surface area contributed by atoms with E-state index in [1.165, 1.54) is 5.39 Å². The van der Waals surface area contributed by atoms with E-state index in [4.69, 9.17) is 0 Å². The van der Waals surface area contributed by atoms with Crippen LogP contribution in [0.15, 0.2) is 30.5 Å². The molecule has 92 valence electrons. The lowest BCUT2D eigenvalue weighted by Crippen LogP contribution is -2.48. The highest BCUT2D eigenvalue weighted by Gasteiger charge is 2.21. The number of aliphatic hydroxyl groups is 2. The molecule has 0 aliphatic carbocycles. The van der Waals surface area contributed by atoms with Crippen molar-refractivity contribution in [1.82, 2.24) is 10.3 Å². The van der Waals surface area contributed by atoms with E-state index in [0.29, 0.717) is 6.54 Å². The summed E-state index contributed by atoms with van der Waals surface area (Å²) in [6.45, 7) is 2.22. The summed E-state index contributed by atoms with van der Waals surface area (Å²) in [7, 11) is 0. The molecule has 1 aromatic carbocycles. The van der Waals surface area contributed by atoms with E-state index in [9.17, 15) is 10.2 Å². The number of benzene rings is 1. The number of aliphatic hydroxyl groups excluding tert-OH is 2. The van der Waals surface area contributed by atoms with Crippen LogP contribution in [0.2, 0.25) is 0 Å². The van der Waals surface area contributed by atoms with E-state index in [-0.39, 0.29) is 13.2 Å². The van der Waals surface area contributed by atoms with Crippen molar-refractivity contribution < 1.29 is 10.2 Å². The Morgan fingerprint density at radius 2 is 1.94 bits per heavy atom. The molecule has 1 aromatic heterocycles. The van der Waals surface area contributed by atoms with Gasteiger partial charge in [-0.05, 0) is 18.6 Å². The highest BCUT2D eigenvalue weighted by Crippen LogP contribution is 2.18. The fraction of sp³-hybridized carbons (Fsp3) is 0.385. The Kier molecular flexibility index (Phi) is 3.47. The second kappa shape index (κ2) is 4.87. The van der Waals surface area contributed by atoms with Gasteiger partial charge in [0.2, 0.25) is 0 Å². The molecule has 4 nitrogen and oxygen atoms in total. The zero-order valence-corrected chi connectivity index (χ0v) is 9.90. The predicted octanol–water partition coefficient (Wildman–Crippen LogP) is 1.00. The molecule has 0 unspecified atom stereocenters. The molecule has 0 aliphatic rings. The summed E-state index contributed by atoms with van der Waals surface area (Å²) in [5, 5.41) is 22.7. The van der Waals surface area contributed by atoms with E-state index >= 15 is 0 Å². The van der Waals surface area contributed by atoms with Crippen molar-refractivity contribution in [3.05, 3.63) is 36.0 Å². The number of fused-ring (bicyclic) bond motifs is 1. The van der Waals surface area contributed by atoms with Crippen LogP contribution in [0.3, 0.4) is 0 Å². The summed E-state index contributed by atoms with van der Waals surface area (Å²) < 4.78 is 0. The van der Waals surface area contributed by atoms with E-state index in [2.05, 4.69) is 16.4 Å². The minimum atomic E-state index is -0.641. The molecule has 0 bridgehead atoms. The van der Waals surface area contributed by atoms with Crippen LogP contribution >= 0.6 is 0 Å². The zero-order chi connectivity index (χ0) is 12.3. The van der Waals surface area contributed by atoms with Crippen LogP contribution in [0.25, 0.3) is 10.9 Å². The number of aromatic nitrogens is 1. The number of nitrogens with one attached hydrogen (secondary N) is 2. The molecule has 2 rings (SSSR count). The molecule has 0 saturated heterocycles. The lowest BCUT2D eigenvalue weighted by Gasteiger charge is -2.26. The van der Waals surface area contributed by atoms with Crippen molar-refractivity contribution in [2.75, 3.05) is 13.2 Å². The molecule has 0 aliphatic heterocycles. The molecule has 0 fully saturated rings. The van der Waals surface area contributed by atoms with Crippen LogP contribution in [0.1, 0.15) is 12.5 Å². The van der Waals surface area contributed by atoms with Crippen LogP contribution in [-0.4, -0.2) is 33.9 Å². The van der Waals surface area contributed by atoms with Gasteiger partial charge in [0.15, 0.2) is 0 Å². The zero-order valence-electron chi connectivity index (χ0n) is 9.90. The summed E-state index contributed by atoms with van der Waals surface area (Å²) in [6.07, 6.45) is 1.95. The first-order valence-electron chi connectivity index (χ1n) is 5.70. The lowest BCUT2D eigenvalue weighted by molar-refractivity contribution is 0.103. The summed E-state index contributed by atoms with van der Waals surface area (Å²) >= 11 is 0. The van der Waals surface area contributed by atoms with Gasteiger partial charge in [-0.2, -0.15) is 0 Å². The van der Waals surface area contributed by atoms with Crippen molar-refractivity contribution in [2.45, 2.75) is 19.0 Å². The minimum Gasteiger partial charge on any atom is -0.394 e. The maximum Gasteiger partial charge on any atom is 0.0633 e. The van der Waals surface area contributed by atoms with Gasteiger partial charge in [0.05, 0.1) is 18.8 Å². The third kappa shape index (κ3) is 2.49. The van der Waals surface area contributed by atoms with Crippen molar-refractivity contribution in [2.24, 2.45) is 0 Å². The average molecular weight is 234 g/mol. The van der Waals surface area contributed by atoms with Crippen molar-refractivity contribution in [3.63, 3.8) is 0 Å². The van der Waals surface area contributed by atoms with Gasteiger partial charge in [-0.25, -0.2) is 0 Å². The first-order valence-corrected chi connectivity index (χ1v) is 5.70. The Hall–Kier alpha value is -1.36. The number of aromatic amines is 1. The first kappa shape index (κ1) is 12.1. The van der Waals surface area contributed by atoms with Crippen molar-refractivity contribution in [3.8, 4) is 0 Å². The maximum absolute atomic E-state index is 9.20. The third-order valence-electron chi connectivity index (χ3n) is 3.08. The molecule has 2 aromatic rings. The van der Waals surface area contributed by atoms with Gasteiger partial charge >= 0.3 is 0 Å². The number of para-hydroxylation sites is 1. The smallest absolute Gasteiger partial charge is 0.0633 e. The van der Waals surface area contributed by atoms with Crippen molar-refractivity contribution in [1.29, 1.82) is 0 Å². The van der Waals surface area contributed by atoms with E-state index in [1.807, 2.05) is 24.4 Å². The molecule has 0 atom stereocenters. The average Bonchev–Trinajstić information content (AvgIpc) is 2.79. The minimum absolute atomic E-state index is 0.0914. The molecule has 4 N–H and O–H groups in total. The molecule has 1 heterocycles. The van der Waals surface area contributed by atoms with Crippen LogP contribution in [0, 0.1) is 0 Å². The second-order valence-electron chi connectivity index (χ2n) is 4.59. The summed E-state index contributed by atoms with van der Waals surface area (Å²) in [4.78, 5) is 3.20. The third-order valence-corrected chi connectivity index (χ3v) is 3.08. The molecular weight excluding hydrogens is 216 g/mol. The Morgan fingerprint density at radius 1 is 1.24 bits per heavy atom. The molecule has 0 spiro atoms. The molecular formula is C13H18N2O2. The Morgan fingerprint density at radius 3 is 2.65 bits per heavy atom.